The zero-order valence-corrected chi connectivity index (χ0v) is 13.3. The Kier molecular flexibility index (Phi) is 2.79. The largest absolute Gasteiger partial charge is 0.372 e. The Hall–Kier alpha value is -2.30. The van der Waals surface area contributed by atoms with Gasteiger partial charge in [0.25, 0.3) is 0 Å². The van der Waals surface area contributed by atoms with Crippen molar-refractivity contribution in [3.05, 3.63) is 35.8 Å². The van der Waals surface area contributed by atoms with E-state index in [0.717, 1.165) is 35.6 Å². The Morgan fingerprint density at radius 3 is 2.95 bits per heavy atom. The van der Waals surface area contributed by atoms with Crippen molar-refractivity contribution in [3.8, 4) is 11.3 Å². The molecule has 5 heteroatoms. The van der Waals surface area contributed by atoms with Crippen LogP contribution < -0.4 is 5.32 Å². The first kappa shape index (κ1) is 13.4. The van der Waals surface area contributed by atoms with Gasteiger partial charge in [0.15, 0.2) is 0 Å². The lowest BCUT2D eigenvalue weighted by molar-refractivity contribution is 0.312. The smallest absolute Gasteiger partial charge is 0.145 e. The van der Waals surface area contributed by atoms with E-state index in [0.29, 0.717) is 5.41 Å². The minimum atomic E-state index is 0.368. The van der Waals surface area contributed by atoms with E-state index in [1.807, 2.05) is 19.3 Å². The van der Waals surface area contributed by atoms with Gasteiger partial charge < -0.3 is 9.72 Å². The van der Waals surface area contributed by atoms with Gasteiger partial charge in [0.1, 0.15) is 11.5 Å². The van der Waals surface area contributed by atoms with Crippen LogP contribution >= 0.6 is 0 Å². The van der Waals surface area contributed by atoms with Crippen LogP contribution in [0.25, 0.3) is 16.9 Å². The molecule has 0 unspecified atom stereocenters. The third kappa shape index (κ3) is 2.08. The molecule has 3 aromatic heterocycles. The maximum absolute atomic E-state index is 4.59. The quantitative estimate of drug-likeness (QED) is 0.763. The van der Waals surface area contributed by atoms with Gasteiger partial charge in [-0.15, -0.1) is 0 Å². The highest BCUT2D eigenvalue weighted by atomic mass is 15.1. The summed E-state index contributed by atoms with van der Waals surface area (Å²) in [7, 11) is 1.88. The number of nitrogens with one attached hydrogen (secondary N) is 2. The fourth-order valence-electron chi connectivity index (χ4n) is 3.34. The third-order valence-electron chi connectivity index (χ3n) is 4.64. The molecule has 0 amide bonds. The van der Waals surface area contributed by atoms with Crippen LogP contribution in [-0.2, 0) is 12.8 Å². The first-order valence-corrected chi connectivity index (χ1v) is 7.79. The van der Waals surface area contributed by atoms with E-state index in [1.165, 1.54) is 17.7 Å². The first-order valence-electron chi connectivity index (χ1n) is 7.79. The Bertz CT molecular complexity index is 840. The van der Waals surface area contributed by atoms with Crippen molar-refractivity contribution >= 4 is 11.5 Å². The molecule has 3 heterocycles. The monoisotopic (exact) mass is 295 g/mol. The second kappa shape index (κ2) is 4.60. The highest BCUT2D eigenvalue weighted by Gasteiger charge is 2.29. The van der Waals surface area contributed by atoms with Crippen LogP contribution in [0.15, 0.2) is 24.5 Å². The number of fused-ring (bicyclic) bond motifs is 2. The van der Waals surface area contributed by atoms with Crippen molar-refractivity contribution in [2.45, 2.75) is 33.1 Å². The topological polar surface area (TPSA) is 58.0 Å². The Morgan fingerprint density at radius 2 is 2.14 bits per heavy atom. The number of anilines is 1. The van der Waals surface area contributed by atoms with Gasteiger partial charge in [0, 0.05) is 30.1 Å². The summed E-state index contributed by atoms with van der Waals surface area (Å²) < 4.78 is 2.05. The lowest BCUT2D eigenvalue weighted by Crippen LogP contribution is -2.21. The lowest BCUT2D eigenvalue weighted by atomic mass is 9.76. The molecule has 22 heavy (non-hydrogen) atoms. The summed E-state index contributed by atoms with van der Waals surface area (Å²) in [6.45, 7) is 4.65. The average molecular weight is 295 g/mol. The summed E-state index contributed by atoms with van der Waals surface area (Å²) in [6.07, 6.45) is 7.49. The highest BCUT2D eigenvalue weighted by molar-refractivity contribution is 5.66. The number of hydrogen-bond acceptors (Lipinski definition) is 3. The van der Waals surface area contributed by atoms with Gasteiger partial charge in [0.05, 0.1) is 11.9 Å². The van der Waals surface area contributed by atoms with E-state index >= 15 is 0 Å². The number of rotatable bonds is 2. The van der Waals surface area contributed by atoms with Crippen molar-refractivity contribution in [1.82, 2.24) is 19.6 Å². The predicted molar refractivity (Wildman–Crippen MR) is 88.1 cm³/mol. The minimum Gasteiger partial charge on any atom is -0.372 e. The lowest BCUT2D eigenvalue weighted by Gasteiger charge is -2.29. The number of aromatic nitrogens is 4. The van der Waals surface area contributed by atoms with Crippen LogP contribution in [0.3, 0.4) is 0 Å². The normalized spacial score (nSPS) is 16.7. The van der Waals surface area contributed by atoms with Crippen molar-refractivity contribution < 1.29 is 0 Å². The predicted octanol–water partition coefficient (Wildman–Crippen LogP) is 3.28. The summed E-state index contributed by atoms with van der Waals surface area (Å²) in [5, 5.41) is 10.9. The van der Waals surface area contributed by atoms with Crippen molar-refractivity contribution in [3.63, 3.8) is 0 Å². The van der Waals surface area contributed by atoms with Crippen LogP contribution in [0.1, 0.15) is 31.5 Å². The Morgan fingerprint density at radius 1 is 1.27 bits per heavy atom. The third-order valence-corrected chi connectivity index (χ3v) is 4.64. The molecule has 0 saturated carbocycles. The van der Waals surface area contributed by atoms with Gasteiger partial charge in [-0.1, -0.05) is 13.8 Å². The highest BCUT2D eigenvalue weighted by Crippen LogP contribution is 2.37. The molecule has 0 aromatic carbocycles. The van der Waals surface area contributed by atoms with Gasteiger partial charge in [-0.2, -0.15) is 5.10 Å². The van der Waals surface area contributed by atoms with E-state index in [9.17, 15) is 0 Å². The summed E-state index contributed by atoms with van der Waals surface area (Å²) in [5.41, 5.74) is 6.23. The maximum atomic E-state index is 4.59. The number of imidazole rings is 1. The van der Waals surface area contributed by atoms with E-state index in [2.05, 4.69) is 51.0 Å². The molecule has 4 rings (SSSR count). The van der Waals surface area contributed by atoms with Crippen LogP contribution in [0.5, 0.6) is 0 Å². The van der Waals surface area contributed by atoms with Crippen molar-refractivity contribution in [2.75, 3.05) is 12.4 Å². The van der Waals surface area contributed by atoms with Gasteiger partial charge in [0.2, 0.25) is 0 Å². The van der Waals surface area contributed by atoms with Gasteiger partial charge >= 0.3 is 0 Å². The molecular weight excluding hydrogens is 274 g/mol. The molecule has 0 spiro atoms. The maximum Gasteiger partial charge on any atom is 0.145 e. The first-order chi connectivity index (χ1) is 10.6. The van der Waals surface area contributed by atoms with Gasteiger partial charge in [-0.3, -0.25) is 5.10 Å². The second-order valence-electron chi connectivity index (χ2n) is 6.93. The zero-order chi connectivity index (χ0) is 15.3. The van der Waals surface area contributed by atoms with Crippen LogP contribution in [0.2, 0.25) is 0 Å². The molecule has 0 atom stereocenters. The van der Waals surface area contributed by atoms with E-state index in [-0.39, 0.29) is 0 Å². The van der Waals surface area contributed by atoms with Crippen LogP contribution in [0.4, 0.5) is 5.82 Å². The standard InChI is InChI=1S/C17H21N5/c1-17(2)7-6-12-13(8-17)20-21-16(12)11-4-5-15-19-14(18-3)10-22(15)9-11/h4-5,9-10,18H,6-8H2,1-3H3,(H,20,21). The summed E-state index contributed by atoms with van der Waals surface area (Å²) in [4.78, 5) is 4.48. The summed E-state index contributed by atoms with van der Waals surface area (Å²) in [6, 6.07) is 4.15. The van der Waals surface area contributed by atoms with Crippen molar-refractivity contribution in [1.29, 1.82) is 0 Å². The van der Waals surface area contributed by atoms with E-state index in [4.69, 9.17) is 0 Å². The molecule has 5 nitrogen and oxygen atoms in total. The molecule has 2 N–H and O–H groups in total. The zero-order valence-electron chi connectivity index (χ0n) is 13.3. The summed E-state index contributed by atoms with van der Waals surface area (Å²) in [5.74, 6) is 0.878. The van der Waals surface area contributed by atoms with Crippen LogP contribution in [0, 0.1) is 5.41 Å². The molecule has 0 radical (unpaired) electrons. The van der Waals surface area contributed by atoms with Crippen LogP contribution in [-0.4, -0.2) is 26.6 Å². The number of aromatic amines is 1. The Balaban J connectivity index is 1.78. The second-order valence-corrected chi connectivity index (χ2v) is 6.93. The SMILES string of the molecule is CNc1cn2cc(-c3n[nH]c4c3CCC(C)(C)C4)ccc2n1. The molecule has 0 saturated heterocycles. The molecule has 0 aliphatic heterocycles. The molecular formula is C17H21N5. The average Bonchev–Trinajstić information content (AvgIpc) is 3.07. The molecule has 1 aliphatic carbocycles. The van der Waals surface area contributed by atoms with Gasteiger partial charge in [-0.05, 0) is 36.8 Å². The number of pyridine rings is 1. The molecule has 0 fully saturated rings. The molecule has 0 bridgehead atoms. The number of nitrogens with zero attached hydrogens (tertiary/aromatic N) is 3. The van der Waals surface area contributed by atoms with E-state index in [1.54, 1.807) is 0 Å². The Labute approximate surface area is 129 Å². The number of H-pyrrole nitrogens is 1. The molecule has 1 aliphatic rings. The van der Waals surface area contributed by atoms with E-state index < -0.39 is 0 Å². The fraction of sp³-hybridized carbons (Fsp3) is 0.412. The molecule has 3 aromatic rings. The number of hydrogen-bond donors (Lipinski definition) is 2. The summed E-state index contributed by atoms with van der Waals surface area (Å²) >= 11 is 0. The van der Waals surface area contributed by atoms with Crippen molar-refractivity contribution in [2.24, 2.45) is 5.41 Å². The molecule has 114 valence electrons. The van der Waals surface area contributed by atoms with Gasteiger partial charge in [-0.25, -0.2) is 4.98 Å². The minimum absolute atomic E-state index is 0.368. The fourth-order valence-corrected chi connectivity index (χ4v) is 3.34.